The highest BCUT2D eigenvalue weighted by atomic mass is 16.5. The molecule has 21 heavy (non-hydrogen) atoms. The predicted octanol–water partition coefficient (Wildman–Crippen LogP) is -1.87. The van der Waals surface area contributed by atoms with E-state index >= 15 is 0 Å². The maximum absolute atomic E-state index is 10.4. The Morgan fingerprint density at radius 3 is 1.29 bits per heavy atom. The molecule has 0 aromatic carbocycles. The maximum Gasteiger partial charge on any atom is 0.151 e. The molecule has 0 radical (unpaired) electrons. The molecule has 8 nitrogen and oxygen atoms in total. The van der Waals surface area contributed by atoms with E-state index in [2.05, 4.69) is 0 Å². The van der Waals surface area contributed by atoms with Crippen molar-refractivity contribution in [2.75, 3.05) is 0 Å². The van der Waals surface area contributed by atoms with Gasteiger partial charge in [0.05, 0.1) is 11.7 Å². The second-order valence-electron chi connectivity index (χ2n) is 5.51. The first-order valence-electron chi connectivity index (χ1n) is 7.13. The Labute approximate surface area is 123 Å². The summed E-state index contributed by atoms with van der Waals surface area (Å²) in [5.74, 6) is 0. The molecule has 0 aromatic rings. The standard InChI is InChI=1S/C13H28O8/c14-9(1-2-10(15)16)3-6-13(21,7-4-11(17)18)8-5-12(19)20/h9-12,14-21H,1-8H2. The zero-order valence-electron chi connectivity index (χ0n) is 12.0. The molecule has 0 aliphatic carbocycles. The van der Waals surface area contributed by atoms with E-state index in [0.717, 1.165) is 0 Å². The Kier molecular flexibility index (Phi) is 10.3. The van der Waals surface area contributed by atoms with Crippen molar-refractivity contribution in [3.05, 3.63) is 0 Å². The van der Waals surface area contributed by atoms with Crippen molar-refractivity contribution in [3.63, 3.8) is 0 Å². The van der Waals surface area contributed by atoms with Crippen LogP contribution in [0.4, 0.5) is 0 Å². The summed E-state index contributed by atoms with van der Waals surface area (Å²) in [6.45, 7) is 0. The number of rotatable bonds is 12. The van der Waals surface area contributed by atoms with Crippen LogP contribution in [-0.4, -0.2) is 71.4 Å². The van der Waals surface area contributed by atoms with Crippen molar-refractivity contribution in [1.29, 1.82) is 0 Å². The van der Waals surface area contributed by atoms with E-state index in [4.69, 9.17) is 30.6 Å². The smallest absolute Gasteiger partial charge is 0.151 e. The summed E-state index contributed by atoms with van der Waals surface area (Å²) in [6, 6.07) is 0. The van der Waals surface area contributed by atoms with E-state index in [9.17, 15) is 10.2 Å². The van der Waals surface area contributed by atoms with Gasteiger partial charge in [-0.1, -0.05) is 0 Å². The van der Waals surface area contributed by atoms with Gasteiger partial charge in [-0.25, -0.2) is 0 Å². The zero-order valence-corrected chi connectivity index (χ0v) is 12.0. The van der Waals surface area contributed by atoms with Crippen molar-refractivity contribution in [1.82, 2.24) is 0 Å². The Bertz CT molecular complexity index is 245. The molecule has 8 N–H and O–H groups in total. The highest BCUT2D eigenvalue weighted by Crippen LogP contribution is 2.27. The van der Waals surface area contributed by atoms with E-state index in [1.165, 1.54) is 0 Å². The zero-order chi connectivity index (χ0) is 16.5. The van der Waals surface area contributed by atoms with Crippen LogP contribution in [0.25, 0.3) is 0 Å². The fourth-order valence-electron chi connectivity index (χ4n) is 2.09. The van der Waals surface area contributed by atoms with Gasteiger partial charge in [-0.2, -0.15) is 0 Å². The number of hydrogen-bond donors (Lipinski definition) is 8. The van der Waals surface area contributed by atoms with Crippen LogP contribution in [0.1, 0.15) is 51.4 Å². The lowest BCUT2D eigenvalue weighted by Crippen LogP contribution is -2.33. The topological polar surface area (TPSA) is 162 Å². The van der Waals surface area contributed by atoms with Crippen LogP contribution < -0.4 is 0 Å². The number of aliphatic hydroxyl groups excluding tert-OH is 4. The molecule has 0 spiro atoms. The highest BCUT2D eigenvalue weighted by molar-refractivity contribution is 4.80. The first-order chi connectivity index (χ1) is 9.64. The molecular weight excluding hydrogens is 284 g/mol. The van der Waals surface area contributed by atoms with Crippen LogP contribution in [0.5, 0.6) is 0 Å². The Morgan fingerprint density at radius 1 is 0.524 bits per heavy atom. The monoisotopic (exact) mass is 312 g/mol. The lowest BCUT2D eigenvalue weighted by molar-refractivity contribution is -0.0909. The summed E-state index contributed by atoms with van der Waals surface area (Å²) >= 11 is 0. The first-order valence-corrected chi connectivity index (χ1v) is 7.13. The van der Waals surface area contributed by atoms with Crippen molar-refractivity contribution < 1.29 is 40.9 Å². The quantitative estimate of drug-likeness (QED) is 0.194. The summed E-state index contributed by atoms with van der Waals surface area (Å²) in [5.41, 5.74) is -1.34. The molecule has 0 bridgehead atoms. The van der Waals surface area contributed by atoms with Gasteiger partial charge in [0.1, 0.15) is 0 Å². The van der Waals surface area contributed by atoms with Crippen LogP contribution in [0.3, 0.4) is 0 Å². The van der Waals surface area contributed by atoms with Crippen LogP contribution in [-0.2, 0) is 0 Å². The summed E-state index contributed by atoms with van der Waals surface area (Å²) in [7, 11) is 0. The van der Waals surface area contributed by atoms with Crippen LogP contribution >= 0.6 is 0 Å². The van der Waals surface area contributed by atoms with Gasteiger partial charge in [0.15, 0.2) is 18.9 Å². The van der Waals surface area contributed by atoms with Gasteiger partial charge in [-0.3, -0.25) is 0 Å². The number of aliphatic hydroxyl groups is 8. The molecule has 0 aromatic heterocycles. The molecule has 0 heterocycles. The van der Waals surface area contributed by atoms with Gasteiger partial charge < -0.3 is 40.9 Å². The van der Waals surface area contributed by atoms with Gasteiger partial charge in [-0.15, -0.1) is 0 Å². The summed E-state index contributed by atoms with van der Waals surface area (Å²) < 4.78 is 0. The molecule has 128 valence electrons. The third-order valence-electron chi connectivity index (χ3n) is 3.44. The summed E-state index contributed by atoms with van der Waals surface area (Å²) in [6.07, 6.45) is -4.98. The van der Waals surface area contributed by atoms with E-state index in [1.807, 2.05) is 0 Å². The second kappa shape index (κ2) is 10.4. The Balaban J connectivity index is 4.30. The normalized spacial score (nSPS) is 14.4. The van der Waals surface area contributed by atoms with Gasteiger partial charge in [0, 0.05) is 19.3 Å². The maximum atomic E-state index is 10.4. The predicted molar refractivity (Wildman–Crippen MR) is 72.6 cm³/mol. The fourth-order valence-corrected chi connectivity index (χ4v) is 2.09. The van der Waals surface area contributed by atoms with E-state index in [1.54, 1.807) is 0 Å². The third-order valence-corrected chi connectivity index (χ3v) is 3.44. The van der Waals surface area contributed by atoms with Crippen LogP contribution in [0.15, 0.2) is 0 Å². The van der Waals surface area contributed by atoms with Crippen molar-refractivity contribution in [3.8, 4) is 0 Å². The minimum Gasteiger partial charge on any atom is -0.393 e. The molecule has 0 aliphatic rings. The molecule has 1 atom stereocenters. The largest absolute Gasteiger partial charge is 0.393 e. The first kappa shape index (κ1) is 20.7. The average Bonchev–Trinajstić information content (AvgIpc) is 2.38. The molecule has 0 saturated carbocycles. The van der Waals surface area contributed by atoms with Gasteiger partial charge in [-0.05, 0) is 32.1 Å². The highest BCUT2D eigenvalue weighted by Gasteiger charge is 2.28. The summed E-state index contributed by atoms with van der Waals surface area (Å²) in [5, 5.41) is 72.9. The van der Waals surface area contributed by atoms with Crippen LogP contribution in [0, 0.1) is 0 Å². The van der Waals surface area contributed by atoms with Crippen molar-refractivity contribution in [2.45, 2.75) is 81.9 Å². The van der Waals surface area contributed by atoms with Gasteiger partial charge >= 0.3 is 0 Å². The summed E-state index contributed by atoms with van der Waals surface area (Å²) in [4.78, 5) is 0. The van der Waals surface area contributed by atoms with Crippen LogP contribution in [0.2, 0.25) is 0 Å². The second-order valence-corrected chi connectivity index (χ2v) is 5.51. The molecular formula is C13H28O8. The molecule has 8 heteroatoms. The van der Waals surface area contributed by atoms with Gasteiger partial charge in [0.2, 0.25) is 0 Å². The van der Waals surface area contributed by atoms with E-state index in [-0.39, 0.29) is 51.4 Å². The fraction of sp³-hybridized carbons (Fsp3) is 1.00. The minimum atomic E-state index is -1.56. The molecule has 0 saturated heterocycles. The lowest BCUT2D eigenvalue weighted by Gasteiger charge is -2.30. The Hall–Kier alpha value is -0.320. The third kappa shape index (κ3) is 12.0. The molecule has 1 unspecified atom stereocenters. The minimum absolute atomic E-state index is 0.0182. The lowest BCUT2D eigenvalue weighted by atomic mass is 9.86. The van der Waals surface area contributed by atoms with Crippen molar-refractivity contribution in [2.24, 2.45) is 0 Å². The number of hydrogen-bond acceptors (Lipinski definition) is 8. The molecule has 0 fully saturated rings. The van der Waals surface area contributed by atoms with Crippen molar-refractivity contribution >= 4 is 0 Å². The Morgan fingerprint density at radius 2 is 0.905 bits per heavy atom. The SMILES string of the molecule is OC(O)CCC(O)CCC(O)(CCC(O)O)CCC(O)O. The molecule has 0 amide bonds. The van der Waals surface area contributed by atoms with E-state index < -0.39 is 30.6 Å². The molecule has 0 aliphatic heterocycles. The van der Waals surface area contributed by atoms with E-state index in [0.29, 0.717) is 0 Å². The van der Waals surface area contributed by atoms with Gasteiger partial charge in [0.25, 0.3) is 0 Å². The molecule has 0 rings (SSSR count). The average molecular weight is 312 g/mol.